The van der Waals surface area contributed by atoms with Crippen LogP contribution in [-0.4, -0.2) is 15.6 Å². The van der Waals surface area contributed by atoms with Crippen LogP contribution in [0.5, 0.6) is 0 Å². The Kier molecular flexibility index (Phi) is 3.74. The van der Waals surface area contributed by atoms with Crippen LogP contribution >= 0.6 is 11.3 Å². The van der Waals surface area contributed by atoms with Gasteiger partial charge in [0.2, 0.25) is 0 Å². The lowest BCUT2D eigenvalue weighted by Crippen LogP contribution is -2.21. The number of hydrogen-bond donors (Lipinski definition) is 1. The molecule has 4 heteroatoms. The summed E-state index contributed by atoms with van der Waals surface area (Å²) in [6, 6.07) is 4.94. The molecule has 0 aromatic carbocycles. The fourth-order valence-corrected chi connectivity index (χ4v) is 2.45. The molecule has 2 heterocycles. The van der Waals surface area contributed by atoms with Crippen molar-refractivity contribution in [3.8, 4) is 0 Å². The molecule has 0 aliphatic heterocycles. The first-order valence-electron chi connectivity index (χ1n) is 5.51. The zero-order valence-electron chi connectivity index (χ0n) is 9.68. The van der Waals surface area contributed by atoms with E-state index in [1.165, 1.54) is 9.75 Å². The monoisotopic (exact) mass is 235 g/mol. The van der Waals surface area contributed by atoms with Gasteiger partial charge in [-0.2, -0.15) is 0 Å². The summed E-state index contributed by atoms with van der Waals surface area (Å²) < 4.78 is 2.09. The normalized spacial score (nSPS) is 11.2. The Morgan fingerprint density at radius 2 is 2.19 bits per heavy atom. The van der Waals surface area contributed by atoms with Gasteiger partial charge in [0.25, 0.3) is 0 Å². The maximum Gasteiger partial charge on any atom is 0.0949 e. The number of nitrogens with zero attached hydrogens (tertiary/aromatic N) is 2. The molecule has 1 N–H and O–H groups in total. The molecule has 2 rings (SSSR count). The molecule has 2 aromatic rings. The van der Waals surface area contributed by atoms with Crippen LogP contribution in [0.15, 0.2) is 30.9 Å². The highest BCUT2D eigenvalue weighted by Crippen LogP contribution is 2.17. The van der Waals surface area contributed by atoms with E-state index < -0.39 is 0 Å². The van der Waals surface area contributed by atoms with Gasteiger partial charge in [-0.1, -0.05) is 13.8 Å². The first-order chi connectivity index (χ1) is 7.74. The summed E-state index contributed by atoms with van der Waals surface area (Å²) in [4.78, 5) is 6.81. The van der Waals surface area contributed by atoms with Gasteiger partial charge in [-0.3, -0.25) is 0 Å². The molecule has 0 aliphatic carbocycles. The zero-order valence-corrected chi connectivity index (χ0v) is 10.5. The van der Waals surface area contributed by atoms with Crippen LogP contribution in [0.4, 0.5) is 0 Å². The number of hydrogen-bond acceptors (Lipinski definition) is 3. The first-order valence-corrected chi connectivity index (χ1v) is 6.32. The van der Waals surface area contributed by atoms with Gasteiger partial charge < -0.3 is 9.88 Å². The van der Waals surface area contributed by atoms with Crippen LogP contribution in [0.1, 0.15) is 23.6 Å². The molecule has 0 aliphatic rings. The number of imidazole rings is 1. The molecule has 0 unspecified atom stereocenters. The van der Waals surface area contributed by atoms with E-state index >= 15 is 0 Å². The van der Waals surface area contributed by atoms with Crippen molar-refractivity contribution in [2.45, 2.75) is 33.0 Å². The molecule has 86 valence electrons. The minimum atomic E-state index is 0.541. The van der Waals surface area contributed by atoms with Crippen LogP contribution in [0, 0.1) is 0 Å². The molecule has 0 bridgehead atoms. The number of rotatable bonds is 5. The van der Waals surface area contributed by atoms with Crippen molar-refractivity contribution in [3.63, 3.8) is 0 Å². The number of nitrogens with one attached hydrogen (secondary N) is 1. The Bertz CT molecular complexity index is 417. The summed E-state index contributed by atoms with van der Waals surface area (Å²) in [6.45, 7) is 6.22. The van der Waals surface area contributed by atoms with Crippen molar-refractivity contribution in [2.75, 3.05) is 0 Å². The number of aromatic nitrogens is 2. The summed E-state index contributed by atoms with van der Waals surface area (Å²) in [7, 11) is 0. The van der Waals surface area contributed by atoms with Gasteiger partial charge in [0.15, 0.2) is 0 Å². The Balaban J connectivity index is 1.92. The van der Waals surface area contributed by atoms with Gasteiger partial charge in [-0.15, -0.1) is 11.3 Å². The van der Waals surface area contributed by atoms with E-state index in [0.717, 1.165) is 13.1 Å². The summed E-state index contributed by atoms with van der Waals surface area (Å²) >= 11 is 1.86. The lowest BCUT2D eigenvalue weighted by atomic mass is 10.3. The van der Waals surface area contributed by atoms with Crippen molar-refractivity contribution >= 4 is 11.3 Å². The van der Waals surface area contributed by atoms with Crippen LogP contribution in [-0.2, 0) is 13.1 Å². The summed E-state index contributed by atoms with van der Waals surface area (Å²) in [5.74, 6) is 0. The predicted octanol–water partition coefficient (Wildman–Crippen LogP) is 2.49. The minimum absolute atomic E-state index is 0.541. The second-order valence-corrected chi connectivity index (χ2v) is 5.39. The third-order valence-corrected chi connectivity index (χ3v) is 3.37. The maximum absolute atomic E-state index is 4.04. The standard InChI is InChI=1S/C12H17N3S/c1-10(2)14-7-11-3-4-12(16-11)8-15-6-5-13-9-15/h3-6,9-10,14H,7-8H2,1-2H3. The highest BCUT2D eigenvalue weighted by molar-refractivity contribution is 7.11. The highest BCUT2D eigenvalue weighted by atomic mass is 32.1. The van der Waals surface area contributed by atoms with Gasteiger partial charge >= 0.3 is 0 Å². The predicted molar refractivity (Wildman–Crippen MR) is 67.6 cm³/mol. The fourth-order valence-electron chi connectivity index (χ4n) is 1.47. The second kappa shape index (κ2) is 5.27. The van der Waals surface area contributed by atoms with Crippen molar-refractivity contribution < 1.29 is 0 Å². The van der Waals surface area contributed by atoms with E-state index in [0.29, 0.717) is 6.04 Å². The maximum atomic E-state index is 4.04. The quantitative estimate of drug-likeness (QED) is 0.863. The van der Waals surface area contributed by atoms with E-state index in [4.69, 9.17) is 0 Å². The van der Waals surface area contributed by atoms with Crippen LogP contribution in [0.3, 0.4) is 0 Å². The lowest BCUT2D eigenvalue weighted by Gasteiger charge is -2.05. The van der Waals surface area contributed by atoms with Crippen LogP contribution in [0.25, 0.3) is 0 Å². The summed E-state index contributed by atoms with van der Waals surface area (Å²) in [5, 5.41) is 3.43. The van der Waals surface area contributed by atoms with Gasteiger partial charge in [-0.25, -0.2) is 4.98 Å². The first kappa shape index (κ1) is 11.4. The third-order valence-electron chi connectivity index (χ3n) is 2.30. The van der Waals surface area contributed by atoms with Gasteiger partial charge in [0.1, 0.15) is 0 Å². The average molecular weight is 235 g/mol. The number of thiophene rings is 1. The smallest absolute Gasteiger partial charge is 0.0949 e. The van der Waals surface area contributed by atoms with Gasteiger partial charge in [0.05, 0.1) is 12.9 Å². The zero-order chi connectivity index (χ0) is 11.4. The molecule has 0 saturated carbocycles. The third kappa shape index (κ3) is 3.18. The summed E-state index contributed by atoms with van der Waals surface area (Å²) in [6.07, 6.45) is 5.66. The van der Waals surface area contributed by atoms with Crippen molar-refractivity contribution in [1.82, 2.24) is 14.9 Å². The van der Waals surface area contributed by atoms with Crippen LogP contribution in [0.2, 0.25) is 0 Å². The molecule has 16 heavy (non-hydrogen) atoms. The largest absolute Gasteiger partial charge is 0.332 e. The molecule has 0 radical (unpaired) electrons. The molecular weight excluding hydrogens is 218 g/mol. The lowest BCUT2D eigenvalue weighted by molar-refractivity contribution is 0.593. The Morgan fingerprint density at radius 1 is 1.38 bits per heavy atom. The SMILES string of the molecule is CC(C)NCc1ccc(Cn2ccnc2)s1. The topological polar surface area (TPSA) is 29.9 Å². The average Bonchev–Trinajstić information content (AvgIpc) is 2.87. The van der Waals surface area contributed by atoms with Gasteiger partial charge in [0, 0.05) is 34.7 Å². The molecule has 2 aromatic heterocycles. The van der Waals surface area contributed by atoms with Gasteiger partial charge in [-0.05, 0) is 12.1 Å². The van der Waals surface area contributed by atoms with E-state index in [1.54, 1.807) is 0 Å². The molecule has 0 fully saturated rings. The van der Waals surface area contributed by atoms with E-state index in [-0.39, 0.29) is 0 Å². The molecular formula is C12H17N3S. The molecule has 3 nitrogen and oxygen atoms in total. The van der Waals surface area contributed by atoms with Crippen LogP contribution < -0.4 is 5.32 Å². The van der Waals surface area contributed by atoms with E-state index in [2.05, 4.69) is 40.8 Å². The van der Waals surface area contributed by atoms with E-state index in [9.17, 15) is 0 Å². The molecule has 0 amide bonds. The molecule has 0 saturated heterocycles. The Hall–Kier alpha value is -1.13. The summed E-state index contributed by atoms with van der Waals surface area (Å²) in [5.41, 5.74) is 0. The Labute approximate surface area is 100 Å². The van der Waals surface area contributed by atoms with Crippen molar-refractivity contribution in [2.24, 2.45) is 0 Å². The van der Waals surface area contributed by atoms with Crippen molar-refractivity contribution in [3.05, 3.63) is 40.6 Å². The Morgan fingerprint density at radius 3 is 2.88 bits per heavy atom. The van der Waals surface area contributed by atoms with E-state index in [1.807, 2.05) is 30.1 Å². The van der Waals surface area contributed by atoms with Crippen molar-refractivity contribution in [1.29, 1.82) is 0 Å². The highest BCUT2D eigenvalue weighted by Gasteiger charge is 2.01. The minimum Gasteiger partial charge on any atom is -0.332 e. The second-order valence-electron chi connectivity index (χ2n) is 4.14. The molecule has 0 atom stereocenters. The molecule has 0 spiro atoms. The fraction of sp³-hybridized carbons (Fsp3) is 0.417.